The van der Waals surface area contributed by atoms with Gasteiger partial charge in [-0.25, -0.2) is 0 Å². The Hall–Kier alpha value is -2.11. The lowest BCUT2D eigenvalue weighted by Crippen LogP contribution is -2.32. The fourth-order valence-electron chi connectivity index (χ4n) is 1.67. The van der Waals surface area contributed by atoms with Crippen molar-refractivity contribution in [2.45, 2.75) is 13.8 Å². The second-order valence-corrected chi connectivity index (χ2v) is 4.45. The van der Waals surface area contributed by atoms with Gasteiger partial charge in [0.1, 0.15) is 6.54 Å². The topological polar surface area (TPSA) is 83.7 Å². The number of carboxylic acids is 1. The first-order valence-corrected chi connectivity index (χ1v) is 5.61. The molecule has 18 heavy (non-hydrogen) atoms. The Morgan fingerprint density at radius 2 is 2.17 bits per heavy atom. The van der Waals surface area contributed by atoms with E-state index in [1.54, 1.807) is 17.0 Å². The van der Waals surface area contributed by atoms with Crippen LogP contribution in [0.3, 0.4) is 0 Å². The van der Waals surface area contributed by atoms with Crippen molar-refractivity contribution in [3.8, 4) is 0 Å². The number of non-ortho nitro benzene ring substituents is 1. The van der Waals surface area contributed by atoms with Gasteiger partial charge < -0.3 is 10.0 Å². The van der Waals surface area contributed by atoms with Crippen molar-refractivity contribution in [2.24, 2.45) is 5.92 Å². The average molecular weight is 252 g/mol. The third kappa shape index (κ3) is 4.04. The summed E-state index contributed by atoms with van der Waals surface area (Å²) in [4.78, 5) is 22.6. The van der Waals surface area contributed by atoms with Crippen LogP contribution < -0.4 is 4.90 Å². The number of anilines is 1. The number of rotatable bonds is 6. The van der Waals surface area contributed by atoms with E-state index in [0.717, 1.165) is 0 Å². The minimum absolute atomic E-state index is 0.0355. The Balaban J connectivity index is 3.00. The first-order chi connectivity index (χ1) is 8.40. The fraction of sp³-hybridized carbons (Fsp3) is 0.417. The zero-order chi connectivity index (χ0) is 13.7. The van der Waals surface area contributed by atoms with Crippen LogP contribution in [0.25, 0.3) is 0 Å². The molecule has 0 fully saturated rings. The van der Waals surface area contributed by atoms with Crippen LogP contribution in [0.4, 0.5) is 11.4 Å². The molecule has 0 amide bonds. The van der Waals surface area contributed by atoms with Crippen molar-refractivity contribution >= 4 is 17.3 Å². The Morgan fingerprint density at radius 3 is 2.67 bits per heavy atom. The summed E-state index contributed by atoms with van der Waals surface area (Å²) < 4.78 is 0. The number of aliphatic carboxylic acids is 1. The van der Waals surface area contributed by atoms with Crippen LogP contribution in [-0.4, -0.2) is 29.1 Å². The van der Waals surface area contributed by atoms with Gasteiger partial charge in [-0.15, -0.1) is 0 Å². The molecular formula is C12H16N2O4. The molecule has 0 aliphatic heterocycles. The van der Waals surface area contributed by atoms with E-state index in [1.807, 2.05) is 13.8 Å². The Morgan fingerprint density at radius 1 is 1.50 bits per heavy atom. The molecule has 98 valence electrons. The van der Waals surface area contributed by atoms with E-state index in [0.29, 0.717) is 12.2 Å². The van der Waals surface area contributed by atoms with Gasteiger partial charge in [-0.3, -0.25) is 14.9 Å². The van der Waals surface area contributed by atoms with E-state index in [2.05, 4.69) is 0 Å². The summed E-state index contributed by atoms with van der Waals surface area (Å²) in [6.45, 7) is 4.30. The summed E-state index contributed by atoms with van der Waals surface area (Å²) in [6, 6.07) is 6.02. The van der Waals surface area contributed by atoms with E-state index < -0.39 is 10.9 Å². The first-order valence-electron chi connectivity index (χ1n) is 5.61. The van der Waals surface area contributed by atoms with Gasteiger partial charge in [0.05, 0.1) is 4.92 Å². The summed E-state index contributed by atoms with van der Waals surface area (Å²) >= 11 is 0. The molecule has 0 spiro atoms. The van der Waals surface area contributed by atoms with Gasteiger partial charge in [-0.05, 0) is 12.0 Å². The quantitative estimate of drug-likeness (QED) is 0.619. The van der Waals surface area contributed by atoms with Crippen molar-refractivity contribution in [1.29, 1.82) is 0 Å². The van der Waals surface area contributed by atoms with Crippen molar-refractivity contribution < 1.29 is 14.8 Å². The van der Waals surface area contributed by atoms with E-state index in [9.17, 15) is 14.9 Å². The molecule has 6 heteroatoms. The van der Waals surface area contributed by atoms with Crippen molar-refractivity contribution in [3.63, 3.8) is 0 Å². The molecule has 0 aliphatic rings. The van der Waals surface area contributed by atoms with Crippen LogP contribution in [0.2, 0.25) is 0 Å². The molecule has 6 nitrogen and oxygen atoms in total. The van der Waals surface area contributed by atoms with Gasteiger partial charge in [-0.2, -0.15) is 0 Å². The molecule has 0 bridgehead atoms. The third-order valence-electron chi connectivity index (χ3n) is 2.32. The number of carbonyl (C=O) groups is 1. The molecule has 0 atom stereocenters. The second-order valence-electron chi connectivity index (χ2n) is 4.45. The van der Waals surface area contributed by atoms with E-state index in [4.69, 9.17) is 5.11 Å². The lowest BCUT2D eigenvalue weighted by Gasteiger charge is -2.24. The number of benzene rings is 1. The Kier molecular flexibility index (Phi) is 4.65. The smallest absolute Gasteiger partial charge is 0.323 e. The number of nitro benzene ring substituents is 1. The molecule has 0 saturated heterocycles. The number of nitro groups is 1. The minimum Gasteiger partial charge on any atom is -0.480 e. The highest BCUT2D eigenvalue weighted by Gasteiger charge is 2.15. The predicted octanol–water partition coefficient (Wildman–Crippen LogP) is 2.14. The number of hydrogen-bond acceptors (Lipinski definition) is 4. The molecular weight excluding hydrogens is 236 g/mol. The highest BCUT2D eigenvalue weighted by Crippen LogP contribution is 2.21. The Labute approximate surface area is 105 Å². The van der Waals surface area contributed by atoms with Gasteiger partial charge in [0.15, 0.2) is 0 Å². The van der Waals surface area contributed by atoms with Crippen LogP contribution in [0.5, 0.6) is 0 Å². The first kappa shape index (κ1) is 14.0. The number of carboxylic acid groups (broad SMARTS) is 1. The van der Waals surface area contributed by atoms with Gasteiger partial charge in [0.25, 0.3) is 5.69 Å². The second kappa shape index (κ2) is 6.00. The molecule has 0 radical (unpaired) electrons. The third-order valence-corrected chi connectivity index (χ3v) is 2.32. The van der Waals surface area contributed by atoms with Gasteiger partial charge >= 0.3 is 5.97 Å². The highest BCUT2D eigenvalue weighted by atomic mass is 16.6. The largest absolute Gasteiger partial charge is 0.480 e. The van der Waals surface area contributed by atoms with Gasteiger partial charge in [0, 0.05) is 24.4 Å². The molecule has 0 aliphatic carbocycles. The van der Waals surface area contributed by atoms with Crippen LogP contribution in [-0.2, 0) is 4.79 Å². The van der Waals surface area contributed by atoms with Crippen molar-refractivity contribution in [2.75, 3.05) is 18.0 Å². The monoisotopic (exact) mass is 252 g/mol. The van der Waals surface area contributed by atoms with Crippen LogP contribution in [0, 0.1) is 16.0 Å². The zero-order valence-electron chi connectivity index (χ0n) is 10.4. The summed E-state index contributed by atoms with van der Waals surface area (Å²) in [5.74, 6) is -0.689. The Bertz CT molecular complexity index is 445. The maximum absolute atomic E-state index is 10.8. The predicted molar refractivity (Wildman–Crippen MR) is 67.8 cm³/mol. The summed E-state index contributed by atoms with van der Waals surface area (Å²) in [5, 5.41) is 19.6. The van der Waals surface area contributed by atoms with E-state index >= 15 is 0 Å². The molecule has 0 saturated carbocycles. The summed E-state index contributed by atoms with van der Waals surface area (Å²) in [7, 11) is 0. The molecule has 1 N–H and O–H groups in total. The maximum atomic E-state index is 10.8. The van der Waals surface area contributed by atoms with E-state index in [1.165, 1.54) is 12.1 Å². The fourth-order valence-corrected chi connectivity index (χ4v) is 1.67. The minimum atomic E-state index is -0.956. The number of hydrogen-bond donors (Lipinski definition) is 1. The standard InChI is InChI=1S/C12H16N2O4/c1-9(2)7-13(8-12(15)16)10-4-3-5-11(6-10)14(17)18/h3-6,9H,7-8H2,1-2H3,(H,15,16). The van der Waals surface area contributed by atoms with Crippen molar-refractivity contribution in [1.82, 2.24) is 0 Å². The molecule has 0 aromatic heterocycles. The molecule has 1 aromatic rings. The number of nitrogens with zero attached hydrogens (tertiary/aromatic N) is 2. The lowest BCUT2D eigenvalue weighted by molar-refractivity contribution is -0.384. The normalized spacial score (nSPS) is 10.4. The van der Waals surface area contributed by atoms with Gasteiger partial charge in [0.2, 0.25) is 0 Å². The van der Waals surface area contributed by atoms with Gasteiger partial charge in [-0.1, -0.05) is 19.9 Å². The van der Waals surface area contributed by atoms with Crippen LogP contribution in [0.15, 0.2) is 24.3 Å². The maximum Gasteiger partial charge on any atom is 0.323 e. The molecule has 0 unspecified atom stereocenters. The zero-order valence-corrected chi connectivity index (χ0v) is 10.4. The van der Waals surface area contributed by atoms with Crippen LogP contribution >= 0.6 is 0 Å². The summed E-state index contributed by atoms with van der Waals surface area (Å²) in [6.07, 6.45) is 0. The van der Waals surface area contributed by atoms with Crippen LogP contribution in [0.1, 0.15) is 13.8 Å². The van der Waals surface area contributed by atoms with Crippen molar-refractivity contribution in [3.05, 3.63) is 34.4 Å². The molecule has 1 rings (SSSR count). The van der Waals surface area contributed by atoms with E-state index in [-0.39, 0.29) is 18.2 Å². The highest BCUT2D eigenvalue weighted by molar-refractivity contribution is 5.74. The average Bonchev–Trinajstić information content (AvgIpc) is 2.27. The molecule has 1 aromatic carbocycles. The SMILES string of the molecule is CC(C)CN(CC(=O)O)c1cccc([N+](=O)[O-])c1. The molecule has 0 heterocycles. The lowest BCUT2D eigenvalue weighted by atomic mass is 10.2. The summed E-state index contributed by atoms with van der Waals surface area (Å²) in [5.41, 5.74) is 0.520.